The maximum absolute atomic E-state index is 12.7. The van der Waals surface area contributed by atoms with Crippen LogP contribution in [0, 0.1) is 0 Å². The van der Waals surface area contributed by atoms with Gasteiger partial charge < -0.3 is 11.1 Å². The van der Waals surface area contributed by atoms with E-state index in [9.17, 15) is 21.6 Å². The monoisotopic (exact) mass is 308 g/mol. The summed E-state index contributed by atoms with van der Waals surface area (Å²) in [6.07, 6.45) is 2.34. The molecule has 1 aromatic rings. The van der Waals surface area contributed by atoms with Crippen molar-refractivity contribution in [3.63, 3.8) is 0 Å². The van der Waals surface area contributed by atoms with E-state index in [1.807, 2.05) is 0 Å². The zero-order valence-corrected chi connectivity index (χ0v) is 11.4. The predicted octanol–water partition coefficient (Wildman–Crippen LogP) is 2.27. The Balaban J connectivity index is 2.42. The molecule has 0 unspecified atom stereocenters. The Morgan fingerprint density at radius 1 is 1.25 bits per heavy atom. The number of anilines is 1. The molecule has 0 aliphatic heterocycles. The quantitative estimate of drug-likeness (QED) is 0.895. The lowest BCUT2D eigenvalue weighted by Crippen LogP contribution is -2.51. The SMILES string of the molecule is NCC1(Nc2ccccc2S(=O)(=O)C(F)(F)F)CCC1. The van der Waals surface area contributed by atoms with Gasteiger partial charge in [-0.15, -0.1) is 0 Å². The van der Waals surface area contributed by atoms with Crippen LogP contribution in [0.15, 0.2) is 29.2 Å². The van der Waals surface area contributed by atoms with Crippen molar-refractivity contribution in [1.82, 2.24) is 0 Å². The van der Waals surface area contributed by atoms with Crippen molar-refractivity contribution in [3.8, 4) is 0 Å². The average molecular weight is 308 g/mol. The van der Waals surface area contributed by atoms with Gasteiger partial charge in [0.05, 0.1) is 10.6 Å². The third-order valence-electron chi connectivity index (χ3n) is 3.58. The van der Waals surface area contributed by atoms with Gasteiger partial charge in [-0.3, -0.25) is 0 Å². The summed E-state index contributed by atoms with van der Waals surface area (Å²) in [6, 6.07) is 5.03. The maximum Gasteiger partial charge on any atom is 0.501 e. The van der Waals surface area contributed by atoms with Gasteiger partial charge in [-0.2, -0.15) is 13.2 Å². The van der Waals surface area contributed by atoms with Crippen molar-refractivity contribution in [2.75, 3.05) is 11.9 Å². The summed E-state index contributed by atoms with van der Waals surface area (Å²) in [7, 11) is -5.38. The highest BCUT2D eigenvalue weighted by Crippen LogP contribution is 2.39. The Hall–Kier alpha value is -1.28. The molecule has 1 saturated carbocycles. The van der Waals surface area contributed by atoms with E-state index in [1.165, 1.54) is 18.2 Å². The summed E-state index contributed by atoms with van der Waals surface area (Å²) in [5, 5.41) is 2.88. The summed E-state index contributed by atoms with van der Waals surface area (Å²) in [5.74, 6) is 0. The molecule has 1 aliphatic rings. The van der Waals surface area contributed by atoms with Gasteiger partial charge >= 0.3 is 5.51 Å². The van der Waals surface area contributed by atoms with Crippen LogP contribution < -0.4 is 11.1 Å². The van der Waals surface area contributed by atoms with E-state index in [2.05, 4.69) is 5.32 Å². The van der Waals surface area contributed by atoms with Crippen LogP contribution in [0.3, 0.4) is 0 Å². The Bertz CT molecular complexity index is 589. The molecule has 2 rings (SSSR count). The van der Waals surface area contributed by atoms with E-state index in [0.717, 1.165) is 12.5 Å². The molecule has 4 nitrogen and oxygen atoms in total. The molecule has 1 fully saturated rings. The van der Waals surface area contributed by atoms with E-state index in [1.54, 1.807) is 0 Å². The molecular formula is C12H15F3N2O2S. The highest BCUT2D eigenvalue weighted by molar-refractivity contribution is 7.92. The second-order valence-electron chi connectivity index (χ2n) is 4.91. The number of rotatable bonds is 4. The highest BCUT2D eigenvalue weighted by Gasteiger charge is 2.48. The number of hydrogen-bond acceptors (Lipinski definition) is 4. The van der Waals surface area contributed by atoms with E-state index < -0.39 is 25.8 Å². The lowest BCUT2D eigenvalue weighted by atomic mass is 9.76. The molecule has 0 atom stereocenters. The first-order valence-corrected chi connectivity index (χ1v) is 7.59. The van der Waals surface area contributed by atoms with Crippen molar-refractivity contribution in [1.29, 1.82) is 0 Å². The summed E-state index contributed by atoms with van der Waals surface area (Å²) in [6.45, 7) is 0.243. The van der Waals surface area contributed by atoms with Crippen LogP contribution in [-0.4, -0.2) is 26.0 Å². The fourth-order valence-electron chi connectivity index (χ4n) is 2.20. The smallest absolute Gasteiger partial charge is 0.377 e. The molecule has 1 aromatic carbocycles. The molecule has 3 N–H and O–H groups in total. The van der Waals surface area contributed by atoms with Gasteiger partial charge in [0, 0.05) is 12.1 Å². The molecule has 0 amide bonds. The average Bonchev–Trinajstić information content (AvgIpc) is 2.33. The minimum absolute atomic E-state index is 0.0463. The minimum atomic E-state index is -5.38. The van der Waals surface area contributed by atoms with Crippen LogP contribution in [-0.2, 0) is 9.84 Å². The number of sulfone groups is 1. The molecule has 0 bridgehead atoms. The van der Waals surface area contributed by atoms with Crippen molar-refractivity contribution in [2.24, 2.45) is 5.73 Å². The fraction of sp³-hybridized carbons (Fsp3) is 0.500. The van der Waals surface area contributed by atoms with Crippen LogP contribution in [0.1, 0.15) is 19.3 Å². The number of alkyl halides is 3. The molecule has 0 heterocycles. The molecule has 0 radical (unpaired) electrons. The minimum Gasteiger partial charge on any atom is -0.377 e. The maximum atomic E-state index is 12.7. The Morgan fingerprint density at radius 3 is 2.30 bits per heavy atom. The van der Waals surface area contributed by atoms with Crippen LogP contribution in [0.5, 0.6) is 0 Å². The molecule has 8 heteroatoms. The largest absolute Gasteiger partial charge is 0.501 e. The van der Waals surface area contributed by atoms with Crippen molar-refractivity contribution >= 4 is 15.5 Å². The van der Waals surface area contributed by atoms with E-state index in [-0.39, 0.29) is 12.2 Å². The summed E-state index contributed by atoms with van der Waals surface area (Å²) in [5.41, 5.74) is -0.241. The van der Waals surface area contributed by atoms with Crippen molar-refractivity contribution in [3.05, 3.63) is 24.3 Å². The van der Waals surface area contributed by atoms with Gasteiger partial charge in [0.15, 0.2) is 0 Å². The summed E-state index contributed by atoms with van der Waals surface area (Å²) < 4.78 is 61.1. The second kappa shape index (κ2) is 4.92. The predicted molar refractivity (Wildman–Crippen MR) is 68.9 cm³/mol. The third kappa shape index (κ3) is 2.49. The van der Waals surface area contributed by atoms with Crippen LogP contribution in [0.2, 0.25) is 0 Å². The summed E-state index contributed by atoms with van der Waals surface area (Å²) >= 11 is 0. The molecule has 0 spiro atoms. The topological polar surface area (TPSA) is 72.2 Å². The Kier molecular flexibility index (Phi) is 3.72. The van der Waals surface area contributed by atoms with E-state index in [4.69, 9.17) is 5.73 Å². The van der Waals surface area contributed by atoms with Gasteiger partial charge in [0.25, 0.3) is 9.84 Å². The normalized spacial score (nSPS) is 18.4. The molecule has 0 saturated heterocycles. The third-order valence-corrected chi connectivity index (χ3v) is 5.13. The molecule has 0 aromatic heterocycles. The van der Waals surface area contributed by atoms with Gasteiger partial charge in [0.2, 0.25) is 0 Å². The molecule has 112 valence electrons. The summed E-state index contributed by atoms with van der Waals surface area (Å²) in [4.78, 5) is -0.757. The lowest BCUT2D eigenvalue weighted by molar-refractivity contribution is -0.0435. The fourth-order valence-corrected chi connectivity index (χ4v) is 3.11. The van der Waals surface area contributed by atoms with Crippen LogP contribution in [0.25, 0.3) is 0 Å². The van der Waals surface area contributed by atoms with Crippen molar-refractivity contribution in [2.45, 2.75) is 35.2 Å². The van der Waals surface area contributed by atoms with Gasteiger partial charge in [-0.1, -0.05) is 12.1 Å². The number of nitrogens with one attached hydrogen (secondary N) is 1. The highest BCUT2D eigenvalue weighted by atomic mass is 32.2. The van der Waals surface area contributed by atoms with E-state index in [0.29, 0.717) is 12.8 Å². The Morgan fingerprint density at radius 2 is 1.85 bits per heavy atom. The number of benzene rings is 1. The van der Waals surface area contributed by atoms with Gasteiger partial charge in [-0.25, -0.2) is 8.42 Å². The van der Waals surface area contributed by atoms with Crippen molar-refractivity contribution < 1.29 is 21.6 Å². The molecular weight excluding hydrogens is 293 g/mol. The number of nitrogens with two attached hydrogens (primary N) is 1. The van der Waals surface area contributed by atoms with Gasteiger partial charge in [0.1, 0.15) is 0 Å². The zero-order chi connectivity index (χ0) is 15.0. The molecule has 1 aliphatic carbocycles. The standard InChI is InChI=1S/C12H15F3N2O2S/c13-12(14,15)20(18,19)10-5-2-1-4-9(10)17-11(8-16)6-3-7-11/h1-2,4-5,17H,3,6-8,16H2. The number of hydrogen-bond donors (Lipinski definition) is 2. The van der Waals surface area contributed by atoms with E-state index >= 15 is 0 Å². The van der Waals surface area contributed by atoms with Crippen LogP contribution >= 0.6 is 0 Å². The first kappa shape index (κ1) is 15.1. The first-order chi connectivity index (χ1) is 9.22. The zero-order valence-electron chi connectivity index (χ0n) is 10.6. The Labute approximate surface area is 115 Å². The van der Waals surface area contributed by atoms with Gasteiger partial charge in [-0.05, 0) is 31.4 Å². The first-order valence-electron chi connectivity index (χ1n) is 6.10. The lowest BCUT2D eigenvalue weighted by Gasteiger charge is -2.42. The molecule has 20 heavy (non-hydrogen) atoms. The number of halogens is 3. The van der Waals surface area contributed by atoms with Crippen LogP contribution in [0.4, 0.5) is 18.9 Å². The second-order valence-corrected chi connectivity index (χ2v) is 6.82. The number of para-hydroxylation sites is 1.